The molecule has 1 atom stereocenters. The quantitative estimate of drug-likeness (QED) is 0.873. The Morgan fingerprint density at radius 1 is 1.10 bits per heavy atom. The number of rotatable bonds is 1. The van der Waals surface area contributed by atoms with Gasteiger partial charge in [0.2, 0.25) is 0 Å². The van der Waals surface area contributed by atoms with Gasteiger partial charge in [-0.1, -0.05) is 41.9 Å². The first-order valence-electron chi connectivity index (χ1n) is 6.66. The lowest BCUT2D eigenvalue weighted by atomic mass is 9.91. The number of carbonyl (C=O) groups is 1. The molecule has 0 radical (unpaired) electrons. The van der Waals surface area contributed by atoms with Crippen molar-refractivity contribution in [2.45, 2.75) is 5.66 Å². The predicted octanol–water partition coefficient (Wildman–Crippen LogP) is 2.60. The normalized spacial score (nSPS) is 23.9. The Morgan fingerprint density at radius 3 is 2.65 bits per heavy atom. The van der Waals surface area contributed by atoms with Gasteiger partial charge in [0.1, 0.15) is 5.66 Å². The molecule has 2 heterocycles. The molecular formula is C16H13ClN2O. The number of hydrogen-bond donors (Lipinski definition) is 1. The van der Waals surface area contributed by atoms with E-state index in [0.717, 1.165) is 29.8 Å². The highest BCUT2D eigenvalue weighted by atomic mass is 35.5. The van der Waals surface area contributed by atoms with Crippen molar-refractivity contribution in [3.63, 3.8) is 0 Å². The Bertz CT molecular complexity index is 698. The van der Waals surface area contributed by atoms with E-state index in [-0.39, 0.29) is 5.91 Å². The molecular weight excluding hydrogens is 272 g/mol. The van der Waals surface area contributed by atoms with Gasteiger partial charge >= 0.3 is 0 Å². The van der Waals surface area contributed by atoms with Crippen molar-refractivity contribution >= 4 is 17.5 Å². The summed E-state index contributed by atoms with van der Waals surface area (Å²) in [6.45, 7) is 1.51. The molecule has 0 aromatic heterocycles. The molecule has 1 amide bonds. The summed E-state index contributed by atoms with van der Waals surface area (Å²) in [7, 11) is 0. The molecule has 2 aliphatic rings. The zero-order valence-corrected chi connectivity index (χ0v) is 11.5. The summed E-state index contributed by atoms with van der Waals surface area (Å²) in [5.41, 5.74) is 2.34. The molecule has 1 fully saturated rings. The van der Waals surface area contributed by atoms with Gasteiger partial charge in [-0.05, 0) is 23.8 Å². The van der Waals surface area contributed by atoms with Crippen LogP contribution < -0.4 is 5.32 Å². The van der Waals surface area contributed by atoms with E-state index in [9.17, 15) is 4.79 Å². The number of halogens is 1. The van der Waals surface area contributed by atoms with E-state index in [4.69, 9.17) is 11.6 Å². The monoisotopic (exact) mass is 284 g/mol. The molecule has 4 heteroatoms. The second-order valence-electron chi connectivity index (χ2n) is 5.15. The van der Waals surface area contributed by atoms with Crippen LogP contribution in [-0.2, 0) is 5.66 Å². The first kappa shape index (κ1) is 11.9. The lowest BCUT2D eigenvalue weighted by Crippen LogP contribution is -2.46. The van der Waals surface area contributed by atoms with Crippen LogP contribution in [0.1, 0.15) is 21.5 Å². The third-order valence-electron chi connectivity index (χ3n) is 4.18. The Morgan fingerprint density at radius 2 is 1.85 bits per heavy atom. The highest BCUT2D eigenvalue weighted by Crippen LogP contribution is 2.44. The van der Waals surface area contributed by atoms with Gasteiger partial charge in [-0.2, -0.15) is 0 Å². The maximum absolute atomic E-state index is 12.6. The fourth-order valence-electron chi connectivity index (χ4n) is 3.34. The summed E-state index contributed by atoms with van der Waals surface area (Å²) in [5, 5.41) is 4.22. The van der Waals surface area contributed by atoms with Gasteiger partial charge < -0.3 is 4.90 Å². The fraction of sp³-hybridized carbons (Fsp3) is 0.188. The summed E-state index contributed by atoms with van der Waals surface area (Å²) >= 11 is 5.99. The van der Waals surface area contributed by atoms with E-state index in [2.05, 4.69) is 5.32 Å². The third kappa shape index (κ3) is 1.37. The fourth-order valence-corrected chi connectivity index (χ4v) is 3.47. The van der Waals surface area contributed by atoms with Crippen LogP contribution in [0.5, 0.6) is 0 Å². The summed E-state index contributed by atoms with van der Waals surface area (Å²) < 4.78 is 0. The molecule has 4 rings (SSSR count). The first-order chi connectivity index (χ1) is 9.73. The third-order valence-corrected chi connectivity index (χ3v) is 4.43. The summed E-state index contributed by atoms with van der Waals surface area (Å²) in [6.07, 6.45) is 0. The number of carbonyl (C=O) groups excluding carboxylic acids is 1. The van der Waals surface area contributed by atoms with Crippen LogP contribution in [0.25, 0.3) is 0 Å². The van der Waals surface area contributed by atoms with Crippen molar-refractivity contribution < 1.29 is 4.79 Å². The number of hydrogen-bond acceptors (Lipinski definition) is 2. The van der Waals surface area contributed by atoms with Crippen molar-refractivity contribution in [1.82, 2.24) is 10.2 Å². The minimum absolute atomic E-state index is 0.0977. The van der Waals surface area contributed by atoms with Gasteiger partial charge in [0, 0.05) is 29.2 Å². The van der Waals surface area contributed by atoms with Crippen molar-refractivity contribution in [1.29, 1.82) is 0 Å². The summed E-state index contributed by atoms with van der Waals surface area (Å²) in [4.78, 5) is 14.5. The number of fused-ring (bicyclic) bond motifs is 3. The molecule has 2 aliphatic heterocycles. The van der Waals surface area contributed by atoms with Gasteiger partial charge in [0.05, 0.1) is 0 Å². The van der Waals surface area contributed by atoms with E-state index < -0.39 is 5.66 Å². The maximum Gasteiger partial charge on any atom is 0.256 e. The predicted molar refractivity (Wildman–Crippen MR) is 77.7 cm³/mol. The average molecular weight is 285 g/mol. The number of benzene rings is 2. The largest absolute Gasteiger partial charge is 0.311 e. The molecule has 100 valence electrons. The second-order valence-corrected chi connectivity index (χ2v) is 5.58. The minimum Gasteiger partial charge on any atom is -0.311 e. The Labute approximate surface area is 122 Å². The van der Waals surface area contributed by atoms with Gasteiger partial charge in [-0.15, -0.1) is 0 Å². The van der Waals surface area contributed by atoms with E-state index >= 15 is 0 Å². The van der Waals surface area contributed by atoms with Gasteiger partial charge in [0.25, 0.3) is 5.91 Å². The van der Waals surface area contributed by atoms with Crippen LogP contribution in [-0.4, -0.2) is 23.9 Å². The molecule has 1 saturated heterocycles. The summed E-state index contributed by atoms with van der Waals surface area (Å²) in [5.74, 6) is 0.0977. The first-order valence-corrected chi connectivity index (χ1v) is 7.04. The van der Waals surface area contributed by atoms with Gasteiger partial charge in [-0.25, -0.2) is 0 Å². The molecule has 2 aromatic rings. The van der Waals surface area contributed by atoms with Gasteiger partial charge in [-0.3, -0.25) is 10.1 Å². The van der Waals surface area contributed by atoms with Crippen molar-refractivity contribution in [3.8, 4) is 0 Å². The number of nitrogens with zero attached hydrogens (tertiary/aromatic N) is 1. The maximum atomic E-state index is 12.6. The van der Waals surface area contributed by atoms with Crippen LogP contribution in [0.2, 0.25) is 5.02 Å². The highest BCUT2D eigenvalue weighted by molar-refractivity contribution is 6.30. The van der Waals surface area contributed by atoms with Crippen LogP contribution in [0.15, 0.2) is 48.5 Å². The molecule has 20 heavy (non-hydrogen) atoms. The average Bonchev–Trinajstić information content (AvgIpc) is 3.01. The molecule has 1 N–H and O–H groups in total. The van der Waals surface area contributed by atoms with Crippen molar-refractivity contribution in [3.05, 3.63) is 70.2 Å². The molecule has 3 nitrogen and oxygen atoms in total. The Hall–Kier alpha value is -1.84. The SMILES string of the molecule is O=C1c2ccccc2[C@]2(c3ccc(Cl)cc3)NCCN12. The minimum atomic E-state index is -0.529. The topological polar surface area (TPSA) is 32.3 Å². The van der Waals surface area contributed by atoms with Crippen molar-refractivity contribution in [2.75, 3.05) is 13.1 Å². The number of amides is 1. The van der Waals surface area contributed by atoms with Crippen LogP contribution in [0, 0.1) is 0 Å². The van der Waals surface area contributed by atoms with Crippen molar-refractivity contribution in [2.24, 2.45) is 0 Å². The smallest absolute Gasteiger partial charge is 0.256 e. The van der Waals surface area contributed by atoms with Crippen LogP contribution in [0.3, 0.4) is 0 Å². The van der Waals surface area contributed by atoms with E-state index in [1.165, 1.54) is 0 Å². The van der Waals surface area contributed by atoms with E-state index in [1.54, 1.807) is 0 Å². The molecule has 0 aliphatic carbocycles. The molecule has 0 spiro atoms. The van der Waals surface area contributed by atoms with Crippen LogP contribution in [0.4, 0.5) is 0 Å². The zero-order valence-electron chi connectivity index (χ0n) is 10.8. The Balaban J connectivity index is 1.99. The molecule has 0 saturated carbocycles. The zero-order chi connectivity index (χ0) is 13.7. The van der Waals surface area contributed by atoms with Gasteiger partial charge in [0.15, 0.2) is 0 Å². The Kier molecular flexibility index (Phi) is 2.43. The number of nitrogens with one attached hydrogen (secondary N) is 1. The lowest BCUT2D eigenvalue weighted by Gasteiger charge is -2.33. The standard InChI is InChI=1S/C16H13ClN2O/c17-12-7-5-11(6-8-12)16-14-4-2-1-3-13(14)15(20)19(16)10-9-18-16/h1-8,18H,9-10H2/t16-/m1/s1. The molecule has 0 bridgehead atoms. The summed E-state index contributed by atoms with van der Waals surface area (Å²) in [6, 6.07) is 15.5. The van der Waals surface area contributed by atoms with E-state index in [0.29, 0.717) is 5.02 Å². The van der Waals surface area contributed by atoms with E-state index in [1.807, 2.05) is 53.4 Å². The lowest BCUT2D eigenvalue weighted by molar-refractivity contribution is 0.0694. The molecule has 2 aromatic carbocycles. The van der Waals surface area contributed by atoms with Crippen LogP contribution >= 0.6 is 11.6 Å². The molecule has 0 unspecified atom stereocenters. The highest BCUT2D eigenvalue weighted by Gasteiger charge is 2.53. The second kappa shape index (κ2) is 4.08.